The molecular formula is C8H11N5S. The molecule has 0 saturated carbocycles. The Kier molecular flexibility index (Phi) is 2.36. The Morgan fingerprint density at radius 3 is 2.64 bits per heavy atom. The monoisotopic (exact) mass is 209 g/mol. The third-order valence-corrected chi connectivity index (χ3v) is 2.62. The van der Waals surface area contributed by atoms with E-state index in [-0.39, 0.29) is 0 Å². The zero-order valence-corrected chi connectivity index (χ0v) is 8.77. The molecule has 0 aromatic carbocycles. The number of hydrogen-bond acceptors (Lipinski definition) is 5. The van der Waals surface area contributed by atoms with Gasteiger partial charge in [-0.1, -0.05) is 0 Å². The van der Waals surface area contributed by atoms with Crippen LogP contribution in [-0.4, -0.2) is 22.2 Å². The molecule has 2 rings (SSSR count). The van der Waals surface area contributed by atoms with Gasteiger partial charge in [-0.2, -0.15) is 0 Å². The van der Waals surface area contributed by atoms with Gasteiger partial charge in [0.1, 0.15) is 0 Å². The van der Waals surface area contributed by atoms with Crippen LogP contribution >= 0.6 is 11.3 Å². The molecule has 0 atom stereocenters. The Morgan fingerprint density at radius 2 is 2.07 bits per heavy atom. The molecule has 2 aromatic rings. The zero-order valence-electron chi connectivity index (χ0n) is 7.96. The molecule has 6 heteroatoms. The topological polar surface area (TPSA) is 65.6 Å². The van der Waals surface area contributed by atoms with Gasteiger partial charge in [-0.15, -0.1) is 21.5 Å². The van der Waals surface area contributed by atoms with E-state index in [2.05, 4.69) is 38.8 Å². The summed E-state index contributed by atoms with van der Waals surface area (Å²) < 4.78 is 0. The molecule has 3 N–H and O–H groups in total. The maximum absolute atomic E-state index is 3.92. The number of rotatable bonds is 3. The van der Waals surface area contributed by atoms with E-state index in [1.807, 2.05) is 6.07 Å². The molecule has 0 aliphatic heterocycles. The Morgan fingerprint density at radius 1 is 1.29 bits per heavy atom. The lowest BCUT2D eigenvalue weighted by Crippen LogP contribution is -1.91. The van der Waals surface area contributed by atoms with Gasteiger partial charge in [0.15, 0.2) is 0 Å². The number of nitrogens with zero attached hydrogens (tertiary/aromatic N) is 2. The van der Waals surface area contributed by atoms with Crippen LogP contribution in [0.3, 0.4) is 0 Å². The number of aromatic nitrogens is 3. The molecule has 5 nitrogen and oxygen atoms in total. The Balaban J connectivity index is 2.10. The standard InChI is InChI=1S/C8H11N5S/c1-5-3-4-6(14-5)10-8-11-7(9-2)12-13-8/h3-4H,1-2H3,(H3,9,10,11,12,13). The Bertz CT molecular complexity index is 419. The van der Waals surface area contributed by atoms with Gasteiger partial charge < -0.3 is 10.6 Å². The van der Waals surface area contributed by atoms with Crippen molar-refractivity contribution in [3.63, 3.8) is 0 Å². The highest BCUT2D eigenvalue weighted by Crippen LogP contribution is 2.23. The van der Waals surface area contributed by atoms with Gasteiger partial charge in [0.05, 0.1) is 5.00 Å². The molecule has 0 amide bonds. The molecular weight excluding hydrogens is 198 g/mol. The fourth-order valence-electron chi connectivity index (χ4n) is 1.05. The van der Waals surface area contributed by atoms with Gasteiger partial charge in [-0.3, -0.25) is 4.98 Å². The minimum absolute atomic E-state index is 0.649. The number of aromatic amines is 1. The predicted octanol–water partition coefficient (Wildman–Crippen LogP) is 1.96. The number of H-pyrrole nitrogens is 1. The van der Waals surface area contributed by atoms with Crippen LogP contribution in [-0.2, 0) is 0 Å². The van der Waals surface area contributed by atoms with E-state index in [1.54, 1.807) is 18.4 Å². The second kappa shape index (κ2) is 3.67. The average molecular weight is 209 g/mol. The van der Waals surface area contributed by atoms with Crippen molar-refractivity contribution < 1.29 is 0 Å². The molecule has 74 valence electrons. The molecule has 0 saturated heterocycles. The fraction of sp³-hybridized carbons (Fsp3) is 0.250. The molecule has 0 bridgehead atoms. The molecule has 14 heavy (non-hydrogen) atoms. The summed E-state index contributed by atoms with van der Waals surface area (Å²) in [5.74, 6) is 1.30. The lowest BCUT2D eigenvalue weighted by Gasteiger charge is -1.95. The fourth-order valence-corrected chi connectivity index (χ4v) is 1.82. The summed E-state index contributed by atoms with van der Waals surface area (Å²) in [5.41, 5.74) is 0. The van der Waals surface area contributed by atoms with Crippen LogP contribution in [0.5, 0.6) is 0 Å². The van der Waals surface area contributed by atoms with Gasteiger partial charge in [0.25, 0.3) is 0 Å². The maximum atomic E-state index is 3.92. The quantitative estimate of drug-likeness (QED) is 0.723. The lowest BCUT2D eigenvalue weighted by molar-refractivity contribution is 1.09. The second-order valence-electron chi connectivity index (χ2n) is 2.81. The highest BCUT2D eigenvalue weighted by molar-refractivity contribution is 7.16. The highest BCUT2D eigenvalue weighted by Gasteiger charge is 2.01. The van der Waals surface area contributed by atoms with Crippen molar-refractivity contribution in [1.82, 2.24) is 15.2 Å². The van der Waals surface area contributed by atoms with E-state index in [1.165, 1.54) is 4.88 Å². The first-order valence-corrected chi connectivity index (χ1v) is 5.03. The van der Waals surface area contributed by atoms with Crippen molar-refractivity contribution in [3.05, 3.63) is 17.0 Å². The third-order valence-electron chi connectivity index (χ3n) is 1.71. The first kappa shape index (κ1) is 9.01. The Labute approximate surface area is 85.6 Å². The summed E-state index contributed by atoms with van der Waals surface area (Å²) in [5, 5.41) is 14.8. The van der Waals surface area contributed by atoms with Crippen LogP contribution in [0, 0.1) is 6.92 Å². The van der Waals surface area contributed by atoms with Crippen LogP contribution in [0.1, 0.15) is 4.88 Å². The number of anilines is 3. The number of nitrogens with one attached hydrogen (secondary N) is 3. The van der Waals surface area contributed by atoms with E-state index < -0.39 is 0 Å². The van der Waals surface area contributed by atoms with E-state index >= 15 is 0 Å². The van der Waals surface area contributed by atoms with Crippen LogP contribution in [0.15, 0.2) is 12.1 Å². The average Bonchev–Trinajstić information content (AvgIpc) is 2.76. The van der Waals surface area contributed by atoms with Crippen molar-refractivity contribution in [3.8, 4) is 0 Å². The molecule has 2 aromatic heterocycles. The second-order valence-corrected chi connectivity index (χ2v) is 4.10. The van der Waals surface area contributed by atoms with Crippen LogP contribution in [0.4, 0.5) is 16.9 Å². The van der Waals surface area contributed by atoms with Gasteiger partial charge in [0.2, 0.25) is 11.9 Å². The maximum Gasteiger partial charge on any atom is 0.228 e. The van der Waals surface area contributed by atoms with Gasteiger partial charge >= 0.3 is 0 Å². The minimum atomic E-state index is 0.649. The molecule has 0 radical (unpaired) electrons. The van der Waals surface area contributed by atoms with Gasteiger partial charge in [-0.05, 0) is 19.1 Å². The van der Waals surface area contributed by atoms with E-state index in [0.717, 1.165) is 5.00 Å². The van der Waals surface area contributed by atoms with Crippen molar-refractivity contribution in [2.24, 2.45) is 0 Å². The predicted molar refractivity (Wildman–Crippen MR) is 58.3 cm³/mol. The summed E-state index contributed by atoms with van der Waals surface area (Å²) >= 11 is 1.68. The summed E-state index contributed by atoms with van der Waals surface area (Å²) in [7, 11) is 1.79. The van der Waals surface area contributed by atoms with Crippen LogP contribution in [0.2, 0.25) is 0 Å². The first-order chi connectivity index (χ1) is 6.78. The van der Waals surface area contributed by atoms with Gasteiger partial charge in [0, 0.05) is 11.9 Å². The van der Waals surface area contributed by atoms with Crippen LogP contribution in [0.25, 0.3) is 0 Å². The summed E-state index contributed by atoms with van der Waals surface area (Å²) in [4.78, 5) is 4.25. The van der Waals surface area contributed by atoms with Crippen molar-refractivity contribution in [1.29, 1.82) is 0 Å². The van der Waals surface area contributed by atoms with Crippen molar-refractivity contribution >= 4 is 28.2 Å². The molecule has 0 aliphatic rings. The SMILES string of the molecule is CNc1nnc(Nc2ccc(C)s2)[nH]1. The van der Waals surface area contributed by atoms with Crippen molar-refractivity contribution in [2.75, 3.05) is 17.7 Å². The largest absolute Gasteiger partial charge is 0.358 e. The van der Waals surface area contributed by atoms with E-state index in [9.17, 15) is 0 Å². The number of thiophene rings is 1. The number of aryl methyl sites for hydroxylation is 1. The third kappa shape index (κ3) is 1.85. The Hall–Kier alpha value is -1.56. The molecule has 0 fully saturated rings. The minimum Gasteiger partial charge on any atom is -0.358 e. The summed E-state index contributed by atoms with van der Waals surface area (Å²) in [6.45, 7) is 2.06. The van der Waals surface area contributed by atoms with E-state index in [4.69, 9.17) is 0 Å². The van der Waals surface area contributed by atoms with Crippen molar-refractivity contribution in [2.45, 2.75) is 6.92 Å². The normalized spacial score (nSPS) is 10.1. The highest BCUT2D eigenvalue weighted by atomic mass is 32.1. The van der Waals surface area contributed by atoms with Gasteiger partial charge in [-0.25, -0.2) is 0 Å². The first-order valence-electron chi connectivity index (χ1n) is 4.22. The molecule has 0 spiro atoms. The zero-order chi connectivity index (χ0) is 9.97. The molecule has 0 aliphatic carbocycles. The van der Waals surface area contributed by atoms with E-state index in [0.29, 0.717) is 11.9 Å². The lowest BCUT2D eigenvalue weighted by atomic mass is 10.5. The van der Waals surface area contributed by atoms with Crippen LogP contribution < -0.4 is 10.6 Å². The molecule has 0 unspecified atom stereocenters. The summed E-state index contributed by atoms with van der Waals surface area (Å²) in [6.07, 6.45) is 0. The number of hydrogen-bond donors (Lipinski definition) is 3. The smallest absolute Gasteiger partial charge is 0.228 e. The molecule has 2 heterocycles. The summed E-state index contributed by atoms with van der Waals surface area (Å²) in [6, 6.07) is 4.07.